The summed E-state index contributed by atoms with van der Waals surface area (Å²) in [5.74, 6) is 0. The van der Waals surface area contributed by atoms with E-state index in [0.29, 0.717) is 0 Å². The number of aromatic nitrogens is 2. The zero-order chi connectivity index (χ0) is 10.2. The van der Waals surface area contributed by atoms with Crippen molar-refractivity contribution in [3.63, 3.8) is 0 Å². The third-order valence-corrected chi connectivity index (χ3v) is 2.04. The van der Waals surface area contributed by atoms with E-state index >= 15 is 0 Å². The minimum Gasteiger partial charge on any atom is -0.393 e. The molecule has 1 atom stereocenters. The van der Waals surface area contributed by atoms with E-state index in [1.54, 1.807) is 6.20 Å². The standard InChI is InChI=1S/C10H19N3O/c1-10(14)4-7-11-5-2-8-13-9-3-6-12-13/h3,6,9-11,14H,2,4-5,7-8H2,1H3. The van der Waals surface area contributed by atoms with Gasteiger partial charge in [-0.25, -0.2) is 0 Å². The molecule has 0 spiro atoms. The maximum Gasteiger partial charge on any atom is 0.0524 e. The van der Waals surface area contributed by atoms with Crippen LogP contribution in [0.1, 0.15) is 19.8 Å². The highest BCUT2D eigenvalue weighted by atomic mass is 16.3. The summed E-state index contributed by atoms with van der Waals surface area (Å²) >= 11 is 0. The number of aliphatic hydroxyl groups excluding tert-OH is 1. The molecule has 1 rings (SSSR count). The molecule has 1 heterocycles. The van der Waals surface area contributed by atoms with Gasteiger partial charge in [0.05, 0.1) is 6.10 Å². The molecular weight excluding hydrogens is 178 g/mol. The highest BCUT2D eigenvalue weighted by Crippen LogP contribution is 1.89. The van der Waals surface area contributed by atoms with Crippen molar-refractivity contribution in [1.29, 1.82) is 0 Å². The van der Waals surface area contributed by atoms with Crippen molar-refractivity contribution in [1.82, 2.24) is 15.1 Å². The van der Waals surface area contributed by atoms with Crippen LogP contribution in [-0.2, 0) is 6.54 Å². The fourth-order valence-electron chi connectivity index (χ4n) is 1.23. The van der Waals surface area contributed by atoms with Crippen molar-refractivity contribution in [2.75, 3.05) is 13.1 Å². The third kappa shape index (κ3) is 4.99. The van der Waals surface area contributed by atoms with Gasteiger partial charge in [-0.1, -0.05) is 0 Å². The zero-order valence-corrected chi connectivity index (χ0v) is 8.69. The van der Waals surface area contributed by atoms with Gasteiger partial charge in [0.2, 0.25) is 0 Å². The Balaban J connectivity index is 1.90. The molecule has 0 amide bonds. The summed E-state index contributed by atoms with van der Waals surface area (Å²) in [7, 11) is 0. The van der Waals surface area contributed by atoms with E-state index in [1.165, 1.54) is 0 Å². The summed E-state index contributed by atoms with van der Waals surface area (Å²) in [5, 5.41) is 16.4. The quantitative estimate of drug-likeness (QED) is 0.630. The molecule has 2 N–H and O–H groups in total. The van der Waals surface area contributed by atoms with Crippen LogP contribution in [0.3, 0.4) is 0 Å². The molecule has 0 radical (unpaired) electrons. The predicted octanol–water partition coefficient (Wildman–Crippen LogP) is 0.634. The van der Waals surface area contributed by atoms with Crippen molar-refractivity contribution in [2.24, 2.45) is 0 Å². The molecule has 4 heteroatoms. The molecule has 0 saturated heterocycles. The SMILES string of the molecule is CC(O)CCNCCCn1cccn1. The molecule has 0 aliphatic carbocycles. The number of aryl methyl sites for hydroxylation is 1. The van der Waals surface area contributed by atoms with Gasteiger partial charge in [0.15, 0.2) is 0 Å². The van der Waals surface area contributed by atoms with Gasteiger partial charge in [0.25, 0.3) is 0 Å². The highest BCUT2D eigenvalue weighted by molar-refractivity contribution is 4.77. The normalized spacial score (nSPS) is 13.0. The molecule has 80 valence electrons. The number of nitrogens with zero attached hydrogens (tertiary/aromatic N) is 2. The van der Waals surface area contributed by atoms with Crippen molar-refractivity contribution in [3.05, 3.63) is 18.5 Å². The van der Waals surface area contributed by atoms with E-state index in [-0.39, 0.29) is 6.10 Å². The van der Waals surface area contributed by atoms with E-state index in [4.69, 9.17) is 5.11 Å². The second-order valence-electron chi connectivity index (χ2n) is 3.51. The maximum absolute atomic E-state index is 9.01. The predicted molar refractivity (Wildman–Crippen MR) is 56.0 cm³/mol. The van der Waals surface area contributed by atoms with Gasteiger partial charge in [-0.3, -0.25) is 4.68 Å². The molecule has 0 aliphatic rings. The summed E-state index contributed by atoms with van der Waals surface area (Å²) < 4.78 is 1.93. The molecule has 0 fully saturated rings. The maximum atomic E-state index is 9.01. The molecule has 0 aliphatic heterocycles. The first kappa shape index (κ1) is 11.2. The van der Waals surface area contributed by atoms with Crippen molar-refractivity contribution in [3.8, 4) is 0 Å². The number of hydrogen-bond acceptors (Lipinski definition) is 3. The van der Waals surface area contributed by atoms with Crippen molar-refractivity contribution < 1.29 is 5.11 Å². The van der Waals surface area contributed by atoms with Gasteiger partial charge in [-0.05, 0) is 38.9 Å². The molecule has 0 bridgehead atoms. The monoisotopic (exact) mass is 197 g/mol. The second kappa shape index (κ2) is 6.56. The van der Waals surface area contributed by atoms with Crippen LogP contribution in [0.4, 0.5) is 0 Å². The average molecular weight is 197 g/mol. The average Bonchev–Trinajstić information content (AvgIpc) is 2.63. The summed E-state index contributed by atoms with van der Waals surface area (Å²) in [5.41, 5.74) is 0. The van der Waals surface area contributed by atoms with Crippen LogP contribution in [0.15, 0.2) is 18.5 Å². The lowest BCUT2D eigenvalue weighted by atomic mass is 10.3. The van der Waals surface area contributed by atoms with E-state index < -0.39 is 0 Å². The molecule has 0 saturated carbocycles. The van der Waals surface area contributed by atoms with Crippen molar-refractivity contribution >= 4 is 0 Å². The van der Waals surface area contributed by atoms with Crippen LogP contribution >= 0.6 is 0 Å². The Bertz CT molecular complexity index is 221. The second-order valence-corrected chi connectivity index (χ2v) is 3.51. The summed E-state index contributed by atoms with van der Waals surface area (Å²) in [6, 6.07) is 1.93. The lowest BCUT2D eigenvalue weighted by Gasteiger charge is -2.06. The summed E-state index contributed by atoms with van der Waals surface area (Å²) in [6.45, 7) is 4.63. The molecule has 1 aromatic heterocycles. The van der Waals surface area contributed by atoms with Crippen LogP contribution in [0, 0.1) is 0 Å². The largest absolute Gasteiger partial charge is 0.393 e. The van der Waals surface area contributed by atoms with Crippen LogP contribution in [0.2, 0.25) is 0 Å². The lowest BCUT2D eigenvalue weighted by Crippen LogP contribution is -2.21. The smallest absolute Gasteiger partial charge is 0.0524 e. The van der Waals surface area contributed by atoms with E-state index in [9.17, 15) is 0 Å². The van der Waals surface area contributed by atoms with Crippen LogP contribution in [0.5, 0.6) is 0 Å². The van der Waals surface area contributed by atoms with Crippen LogP contribution in [-0.4, -0.2) is 34.1 Å². The minimum absolute atomic E-state index is 0.200. The summed E-state index contributed by atoms with van der Waals surface area (Å²) in [4.78, 5) is 0. The fourth-order valence-corrected chi connectivity index (χ4v) is 1.23. The van der Waals surface area contributed by atoms with E-state index in [1.807, 2.05) is 23.9 Å². The Kier molecular flexibility index (Phi) is 5.25. The lowest BCUT2D eigenvalue weighted by molar-refractivity contribution is 0.184. The first-order valence-electron chi connectivity index (χ1n) is 5.15. The van der Waals surface area contributed by atoms with E-state index in [2.05, 4.69) is 10.4 Å². The van der Waals surface area contributed by atoms with Gasteiger partial charge < -0.3 is 10.4 Å². The first-order chi connectivity index (χ1) is 6.79. The molecule has 0 aromatic carbocycles. The fraction of sp³-hybridized carbons (Fsp3) is 0.700. The van der Waals surface area contributed by atoms with E-state index in [0.717, 1.165) is 32.5 Å². The molecule has 1 aromatic rings. The zero-order valence-electron chi connectivity index (χ0n) is 8.69. The third-order valence-electron chi connectivity index (χ3n) is 2.04. The number of nitrogens with one attached hydrogen (secondary N) is 1. The molecule has 14 heavy (non-hydrogen) atoms. The Hall–Kier alpha value is -0.870. The molecule has 1 unspecified atom stereocenters. The molecular formula is C10H19N3O. The topological polar surface area (TPSA) is 50.1 Å². The van der Waals surface area contributed by atoms with Crippen LogP contribution < -0.4 is 5.32 Å². The van der Waals surface area contributed by atoms with Gasteiger partial charge in [-0.2, -0.15) is 5.10 Å². The highest BCUT2D eigenvalue weighted by Gasteiger charge is 1.94. The Morgan fingerprint density at radius 3 is 3.00 bits per heavy atom. The first-order valence-corrected chi connectivity index (χ1v) is 5.15. The Morgan fingerprint density at radius 1 is 1.50 bits per heavy atom. The van der Waals surface area contributed by atoms with Crippen molar-refractivity contribution in [2.45, 2.75) is 32.4 Å². The number of hydrogen-bond donors (Lipinski definition) is 2. The van der Waals surface area contributed by atoms with Gasteiger partial charge in [-0.15, -0.1) is 0 Å². The van der Waals surface area contributed by atoms with Gasteiger partial charge in [0, 0.05) is 18.9 Å². The Labute approximate surface area is 84.9 Å². The van der Waals surface area contributed by atoms with Gasteiger partial charge >= 0.3 is 0 Å². The number of rotatable bonds is 7. The molecule has 4 nitrogen and oxygen atoms in total. The van der Waals surface area contributed by atoms with Gasteiger partial charge in [0.1, 0.15) is 0 Å². The summed E-state index contributed by atoms with van der Waals surface area (Å²) in [6.07, 6.45) is 5.45. The van der Waals surface area contributed by atoms with Crippen LogP contribution in [0.25, 0.3) is 0 Å². The number of aliphatic hydroxyl groups is 1. The Morgan fingerprint density at radius 2 is 2.36 bits per heavy atom. The minimum atomic E-state index is -0.200.